The van der Waals surface area contributed by atoms with Crippen molar-refractivity contribution in [3.63, 3.8) is 0 Å². The smallest absolute Gasteiger partial charge is 0.0593 e. The van der Waals surface area contributed by atoms with Crippen LogP contribution < -0.4 is 5.32 Å². The molecule has 0 bridgehead atoms. The van der Waals surface area contributed by atoms with Gasteiger partial charge in [0, 0.05) is 35.9 Å². The fraction of sp³-hybridized carbons (Fsp3) is 0. The minimum Gasteiger partial charge on any atom is -0.354 e. The number of rotatable bonds is 2. The molecule has 0 saturated heterocycles. The number of fused-ring (bicyclic) bond motifs is 1. The van der Waals surface area contributed by atoms with Crippen molar-refractivity contribution in [2.45, 2.75) is 0 Å². The Morgan fingerprint density at radius 2 is 1.72 bits per heavy atom. The number of benzene rings is 1. The summed E-state index contributed by atoms with van der Waals surface area (Å²) in [7, 11) is 0. The molecule has 0 aliphatic heterocycles. The number of hydrogen-bond acceptors (Lipinski definition) is 3. The van der Waals surface area contributed by atoms with Crippen molar-refractivity contribution in [1.29, 1.82) is 0 Å². The molecule has 0 fully saturated rings. The van der Waals surface area contributed by atoms with E-state index in [2.05, 4.69) is 37.3 Å². The van der Waals surface area contributed by atoms with Gasteiger partial charge in [0.2, 0.25) is 0 Å². The van der Waals surface area contributed by atoms with E-state index in [1.807, 2.05) is 30.5 Å². The number of pyridine rings is 2. The Bertz CT molecular complexity index is 692. The monoisotopic (exact) mass is 299 g/mol. The number of hydrogen-bond donors (Lipinski definition) is 1. The maximum atomic E-state index is 4.17. The lowest BCUT2D eigenvalue weighted by molar-refractivity contribution is 1.30. The van der Waals surface area contributed by atoms with E-state index in [9.17, 15) is 0 Å². The van der Waals surface area contributed by atoms with Gasteiger partial charge in [0.05, 0.1) is 10.2 Å². The number of anilines is 2. The quantitative estimate of drug-likeness (QED) is 0.773. The van der Waals surface area contributed by atoms with Gasteiger partial charge >= 0.3 is 0 Å². The maximum absolute atomic E-state index is 4.17. The molecule has 3 aromatic rings. The molecule has 3 rings (SSSR count). The van der Waals surface area contributed by atoms with Gasteiger partial charge in [-0.25, -0.2) is 0 Å². The Balaban J connectivity index is 2.08. The van der Waals surface area contributed by atoms with Crippen LogP contribution in [0.1, 0.15) is 0 Å². The first-order valence-electron chi connectivity index (χ1n) is 5.54. The van der Waals surface area contributed by atoms with Gasteiger partial charge in [0.25, 0.3) is 0 Å². The van der Waals surface area contributed by atoms with Gasteiger partial charge in [0.15, 0.2) is 0 Å². The summed E-state index contributed by atoms with van der Waals surface area (Å²) >= 11 is 3.48. The van der Waals surface area contributed by atoms with Crippen LogP contribution in [0.15, 0.2) is 59.6 Å². The second-order valence-corrected chi connectivity index (χ2v) is 4.74. The Labute approximate surface area is 113 Å². The molecule has 0 spiro atoms. The van der Waals surface area contributed by atoms with Gasteiger partial charge in [-0.2, -0.15) is 0 Å². The van der Waals surface area contributed by atoms with E-state index in [1.54, 1.807) is 18.6 Å². The molecule has 0 aliphatic carbocycles. The molecular weight excluding hydrogens is 290 g/mol. The predicted molar refractivity (Wildman–Crippen MR) is 77.0 cm³/mol. The molecule has 1 N–H and O–H groups in total. The van der Waals surface area contributed by atoms with Crippen molar-refractivity contribution in [2.24, 2.45) is 0 Å². The van der Waals surface area contributed by atoms with Gasteiger partial charge < -0.3 is 5.32 Å². The molecule has 0 unspecified atom stereocenters. The molecule has 0 amide bonds. The van der Waals surface area contributed by atoms with Gasteiger partial charge in [-0.1, -0.05) is 12.1 Å². The van der Waals surface area contributed by atoms with Gasteiger partial charge in [0.1, 0.15) is 0 Å². The topological polar surface area (TPSA) is 37.8 Å². The molecule has 0 radical (unpaired) electrons. The largest absolute Gasteiger partial charge is 0.354 e. The third-order valence-electron chi connectivity index (χ3n) is 2.73. The Morgan fingerprint density at radius 1 is 0.889 bits per heavy atom. The van der Waals surface area contributed by atoms with Crippen LogP contribution in [0.2, 0.25) is 0 Å². The van der Waals surface area contributed by atoms with Crippen molar-refractivity contribution in [3.8, 4) is 0 Å². The Morgan fingerprint density at radius 3 is 2.61 bits per heavy atom. The molecule has 18 heavy (non-hydrogen) atoms. The zero-order valence-electron chi connectivity index (χ0n) is 9.47. The van der Waals surface area contributed by atoms with Gasteiger partial charge in [-0.3, -0.25) is 9.97 Å². The molecule has 0 aliphatic rings. The van der Waals surface area contributed by atoms with Crippen LogP contribution in [0.3, 0.4) is 0 Å². The van der Waals surface area contributed by atoms with Crippen LogP contribution in [0.25, 0.3) is 10.8 Å². The standard InChI is InChI=1S/C14H10BrN3/c15-12-9-17-7-5-14(12)18-13-3-1-2-10-4-6-16-8-11(10)13/h1-9H,(H,17,18). The van der Waals surface area contributed by atoms with Crippen LogP contribution in [-0.2, 0) is 0 Å². The molecule has 2 aromatic heterocycles. The van der Waals surface area contributed by atoms with E-state index in [1.165, 1.54) is 5.39 Å². The highest BCUT2D eigenvalue weighted by atomic mass is 79.9. The van der Waals surface area contributed by atoms with E-state index in [0.29, 0.717) is 0 Å². The summed E-state index contributed by atoms with van der Waals surface area (Å²) in [6, 6.07) is 10.1. The van der Waals surface area contributed by atoms with Crippen molar-refractivity contribution < 1.29 is 0 Å². The number of halogens is 1. The molecule has 0 atom stereocenters. The minimum atomic E-state index is 0.936. The first-order chi connectivity index (χ1) is 8.84. The van der Waals surface area contributed by atoms with Crippen molar-refractivity contribution in [1.82, 2.24) is 9.97 Å². The van der Waals surface area contributed by atoms with Gasteiger partial charge in [-0.15, -0.1) is 0 Å². The Kier molecular flexibility index (Phi) is 2.94. The fourth-order valence-electron chi connectivity index (χ4n) is 1.84. The Hall–Kier alpha value is -1.94. The highest BCUT2D eigenvalue weighted by Gasteiger charge is 2.03. The van der Waals surface area contributed by atoms with E-state index < -0.39 is 0 Å². The molecule has 0 saturated carbocycles. The van der Waals surface area contributed by atoms with Crippen molar-refractivity contribution in [2.75, 3.05) is 5.32 Å². The van der Waals surface area contributed by atoms with E-state index in [4.69, 9.17) is 0 Å². The summed E-state index contributed by atoms with van der Waals surface area (Å²) in [4.78, 5) is 8.22. The van der Waals surface area contributed by atoms with Crippen LogP contribution in [-0.4, -0.2) is 9.97 Å². The van der Waals surface area contributed by atoms with E-state index >= 15 is 0 Å². The average molecular weight is 300 g/mol. The van der Waals surface area contributed by atoms with Crippen LogP contribution in [0, 0.1) is 0 Å². The first-order valence-corrected chi connectivity index (χ1v) is 6.33. The second-order valence-electron chi connectivity index (χ2n) is 3.88. The summed E-state index contributed by atoms with van der Waals surface area (Å²) in [6.45, 7) is 0. The zero-order valence-corrected chi connectivity index (χ0v) is 11.1. The molecule has 1 aromatic carbocycles. The zero-order chi connectivity index (χ0) is 12.4. The summed E-state index contributed by atoms with van der Waals surface area (Å²) in [5.41, 5.74) is 2.02. The minimum absolute atomic E-state index is 0.936. The highest BCUT2D eigenvalue weighted by molar-refractivity contribution is 9.10. The summed E-state index contributed by atoms with van der Waals surface area (Å²) in [5, 5.41) is 5.66. The number of nitrogens with one attached hydrogen (secondary N) is 1. The average Bonchev–Trinajstić information content (AvgIpc) is 2.42. The van der Waals surface area contributed by atoms with E-state index in [0.717, 1.165) is 21.2 Å². The lowest BCUT2D eigenvalue weighted by Crippen LogP contribution is -1.93. The maximum Gasteiger partial charge on any atom is 0.0593 e. The second kappa shape index (κ2) is 4.74. The van der Waals surface area contributed by atoms with Gasteiger partial charge in [-0.05, 0) is 39.5 Å². The third kappa shape index (κ3) is 2.07. The molecule has 4 heteroatoms. The summed E-state index contributed by atoms with van der Waals surface area (Å²) in [5.74, 6) is 0. The highest BCUT2D eigenvalue weighted by Crippen LogP contribution is 2.28. The predicted octanol–water partition coefficient (Wildman–Crippen LogP) is 4.14. The molecule has 2 heterocycles. The molecule has 3 nitrogen and oxygen atoms in total. The fourth-order valence-corrected chi connectivity index (χ4v) is 2.19. The first kappa shape index (κ1) is 11.2. The van der Waals surface area contributed by atoms with Crippen molar-refractivity contribution in [3.05, 3.63) is 59.6 Å². The lowest BCUT2D eigenvalue weighted by atomic mass is 10.1. The van der Waals surface area contributed by atoms with Crippen molar-refractivity contribution >= 4 is 38.1 Å². The lowest BCUT2D eigenvalue weighted by Gasteiger charge is -2.10. The summed E-state index contributed by atoms with van der Waals surface area (Å²) < 4.78 is 0.936. The normalized spacial score (nSPS) is 10.5. The van der Waals surface area contributed by atoms with E-state index in [-0.39, 0.29) is 0 Å². The van der Waals surface area contributed by atoms with Crippen LogP contribution >= 0.6 is 15.9 Å². The molecule has 88 valence electrons. The SMILES string of the molecule is Brc1cnccc1Nc1cccc2ccncc12. The number of nitrogens with zero attached hydrogens (tertiary/aromatic N) is 2. The summed E-state index contributed by atoms with van der Waals surface area (Å²) in [6.07, 6.45) is 7.20. The third-order valence-corrected chi connectivity index (χ3v) is 3.36. The number of aromatic nitrogens is 2. The van der Waals surface area contributed by atoms with Crippen LogP contribution in [0.5, 0.6) is 0 Å². The van der Waals surface area contributed by atoms with Crippen LogP contribution in [0.4, 0.5) is 11.4 Å². The molecular formula is C14H10BrN3.